The van der Waals surface area contributed by atoms with Crippen molar-refractivity contribution in [2.45, 2.75) is 18.7 Å². The highest BCUT2D eigenvalue weighted by Crippen LogP contribution is 2.29. The van der Waals surface area contributed by atoms with Gasteiger partial charge in [0.2, 0.25) is 0 Å². The Labute approximate surface area is 123 Å². The lowest BCUT2D eigenvalue weighted by molar-refractivity contribution is 0.601. The standard InChI is InChI=1S/C14H15ClN2O2S/c1-9-6-7-11(8-10(9)2)17-20(18,19)14-12(15)4-3-5-13(14)16/h3-8,17H,16H2,1-2H3. The van der Waals surface area contributed by atoms with Crippen LogP contribution in [0.3, 0.4) is 0 Å². The van der Waals surface area contributed by atoms with Crippen molar-refractivity contribution in [2.24, 2.45) is 0 Å². The first-order chi connectivity index (χ1) is 9.31. The van der Waals surface area contributed by atoms with Crippen LogP contribution in [0.5, 0.6) is 0 Å². The predicted octanol–water partition coefficient (Wildman–Crippen LogP) is 3.34. The topological polar surface area (TPSA) is 72.2 Å². The van der Waals surface area contributed by atoms with Gasteiger partial charge in [0.05, 0.1) is 10.7 Å². The second-order valence-corrected chi connectivity index (χ2v) is 6.59. The summed E-state index contributed by atoms with van der Waals surface area (Å²) in [6.07, 6.45) is 0. The highest BCUT2D eigenvalue weighted by molar-refractivity contribution is 7.93. The molecule has 0 heterocycles. The second kappa shape index (κ2) is 5.34. The fourth-order valence-corrected chi connectivity index (χ4v) is 3.55. The number of rotatable bonds is 3. The molecule has 0 spiro atoms. The Hall–Kier alpha value is -1.72. The van der Waals surface area contributed by atoms with Crippen molar-refractivity contribution in [3.05, 3.63) is 52.5 Å². The maximum Gasteiger partial charge on any atom is 0.265 e. The quantitative estimate of drug-likeness (QED) is 0.854. The first-order valence-electron chi connectivity index (χ1n) is 5.95. The molecule has 2 aromatic rings. The molecule has 20 heavy (non-hydrogen) atoms. The number of hydrogen-bond acceptors (Lipinski definition) is 3. The van der Waals surface area contributed by atoms with Gasteiger partial charge in [-0.05, 0) is 49.2 Å². The minimum Gasteiger partial charge on any atom is -0.398 e. The summed E-state index contributed by atoms with van der Waals surface area (Å²) in [5, 5.41) is 0.0985. The molecule has 0 saturated heterocycles. The van der Waals surface area contributed by atoms with Crippen LogP contribution in [-0.2, 0) is 10.0 Å². The van der Waals surface area contributed by atoms with Crippen molar-refractivity contribution in [3.8, 4) is 0 Å². The molecule has 0 aliphatic carbocycles. The molecule has 0 radical (unpaired) electrons. The van der Waals surface area contributed by atoms with Gasteiger partial charge in [-0.15, -0.1) is 0 Å². The van der Waals surface area contributed by atoms with Gasteiger partial charge in [0.15, 0.2) is 0 Å². The first kappa shape index (κ1) is 14.7. The van der Waals surface area contributed by atoms with Crippen LogP contribution in [0.15, 0.2) is 41.3 Å². The number of halogens is 1. The lowest BCUT2D eigenvalue weighted by Crippen LogP contribution is -2.15. The number of anilines is 2. The lowest BCUT2D eigenvalue weighted by atomic mass is 10.1. The van der Waals surface area contributed by atoms with Crippen molar-refractivity contribution in [1.82, 2.24) is 0 Å². The van der Waals surface area contributed by atoms with E-state index in [1.54, 1.807) is 18.2 Å². The molecule has 0 bridgehead atoms. The van der Waals surface area contributed by atoms with Crippen LogP contribution in [0.2, 0.25) is 5.02 Å². The van der Waals surface area contributed by atoms with Gasteiger partial charge < -0.3 is 5.73 Å². The van der Waals surface area contributed by atoms with E-state index in [1.165, 1.54) is 12.1 Å². The molecule has 4 nitrogen and oxygen atoms in total. The van der Waals surface area contributed by atoms with Gasteiger partial charge in [-0.3, -0.25) is 4.72 Å². The van der Waals surface area contributed by atoms with E-state index in [2.05, 4.69) is 4.72 Å². The van der Waals surface area contributed by atoms with Gasteiger partial charge in [0, 0.05) is 5.69 Å². The lowest BCUT2D eigenvalue weighted by Gasteiger charge is -2.12. The van der Waals surface area contributed by atoms with Crippen molar-refractivity contribution >= 4 is 33.0 Å². The summed E-state index contributed by atoms with van der Waals surface area (Å²) < 4.78 is 27.2. The molecule has 3 N–H and O–H groups in total. The SMILES string of the molecule is Cc1ccc(NS(=O)(=O)c2c(N)cccc2Cl)cc1C. The van der Waals surface area contributed by atoms with E-state index in [0.717, 1.165) is 11.1 Å². The Bertz CT molecular complexity index is 738. The molecule has 0 unspecified atom stereocenters. The molecule has 2 rings (SSSR count). The van der Waals surface area contributed by atoms with Crippen molar-refractivity contribution < 1.29 is 8.42 Å². The normalized spacial score (nSPS) is 11.3. The fourth-order valence-electron chi connectivity index (χ4n) is 1.82. The van der Waals surface area contributed by atoms with E-state index in [-0.39, 0.29) is 15.6 Å². The summed E-state index contributed by atoms with van der Waals surface area (Å²) in [6, 6.07) is 9.91. The molecule has 6 heteroatoms. The number of aryl methyl sites for hydroxylation is 2. The summed E-state index contributed by atoms with van der Waals surface area (Å²) in [6.45, 7) is 3.87. The Kier molecular flexibility index (Phi) is 3.92. The summed E-state index contributed by atoms with van der Waals surface area (Å²) >= 11 is 5.94. The molecule has 0 aromatic heterocycles. The molecular weight excluding hydrogens is 296 g/mol. The molecule has 0 saturated carbocycles. The van der Waals surface area contributed by atoms with Crippen LogP contribution < -0.4 is 10.5 Å². The highest BCUT2D eigenvalue weighted by Gasteiger charge is 2.21. The average Bonchev–Trinajstić information content (AvgIpc) is 2.33. The number of hydrogen-bond donors (Lipinski definition) is 2. The third-order valence-electron chi connectivity index (χ3n) is 3.03. The van der Waals surface area contributed by atoms with E-state index in [4.69, 9.17) is 17.3 Å². The minimum absolute atomic E-state index is 0.0973. The summed E-state index contributed by atoms with van der Waals surface area (Å²) in [7, 11) is -3.81. The van der Waals surface area contributed by atoms with Gasteiger partial charge >= 0.3 is 0 Å². The summed E-state index contributed by atoms with van der Waals surface area (Å²) in [5.41, 5.74) is 8.40. The predicted molar refractivity (Wildman–Crippen MR) is 82.6 cm³/mol. The Balaban J connectivity index is 2.43. The van der Waals surface area contributed by atoms with Crippen molar-refractivity contribution in [1.29, 1.82) is 0 Å². The van der Waals surface area contributed by atoms with E-state index < -0.39 is 10.0 Å². The smallest absolute Gasteiger partial charge is 0.265 e. The Morgan fingerprint density at radius 2 is 1.80 bits per heavy atom. The second-order valence-electron chi connectivity index (χ2n) is 4.56. The van der Waals surface area contributed by atoms with Gasteiger partial charge in [-0.1, -0.05) is 23.7 Å². The molecule has 106 valence electrons. The number of sulfonamides is 1. The summed E-state index contributed by atoms with van der Waals surface area (Å²) in [4.78, 5) is -0.0973. The van der Waals surface area contributed by atoms with Crippen LogP contribution in [0.1, 0.15) is 11.1 Å². The zero-order chi connectivity index (χ0) is 14.9. The molecule has 0 amide bonds. The molecule has 0 aliphatic rings. The van der Waals surface area contributed by atoms with Gasteiger partial charge in [0.1, 0.15) is 4.90 Å². The molecule has 0 fully saturated rings. The highest BCUT2D eigenvalue weighted by atomic mass is 35.5. The molecule has 0 aliphatic heterocycles. The monoisotopic (exact) mass is 310 g/mol. The van der Waals surface area contributed by atoms with Crippen LogP contribution in [0.25, 0.3) is 0 Å². The van der Waals surface area contributed by atoms with Gasteiger partial charge in [-0.25, -0.2) is 8.42 Å². The van der Waals surface area contributed by atoms with Crippen molar-refractivity contribution in [2.75, 3.05) is 10.5 Å². The number of nitrogens with two attached hydrogens (primary N) is 1. The minimum atomic E-state index is -3.81. The van der Waals surface area contributed by atoms with Crippen LogP contribution in [-0.4, -0.2) is 8.42 Å². The molecule has 0 atom stereocenters. The average molecular weight is 311 g/mol. The first-order valence-corrected chi connectivity index (χ1v) is 7.81. The van der Waals surface area contributed by atoms with Gasteiger partial charge in [-0.2, -0.15) is 0 Å². The fraction of sp³-hybridized carbons (Fsp3) is 0.143. The van der Waals surface area contributed by atoms with Crippen LogP contribution >= 0.6 is 11.6 Å². The molecular formula is C14H15ClN2O2S. The number of nitrogen functional groups attached to an aromatic ring is 1. The molecule has 2 aromatic carbocycles. The van der Waals surface area contributed by atoms with E-state index in [9.17, 15) is 8.42 Å². The van der Waals surface area contributed by atoms with E-state index in [0.29, 0.717) is 5.69 Å². The zero-order valence-corrected chi connectivity index (χ0v) is 12.7. The van der Waals surface area contributed by atoms with Gasteiger partial charge in [0.25, 0.3) is 10.0 Å². The van der Waals surface area contributed by atoms with E-state index >= 15 is 0 Å². The Morgan fingerprint density at radius 1 is 1.10 bits per heavy atom. The third kappa shape index (κ3) is 2.89. The third-order valence-corrected chi connectivity index (χ3v) is 4.95. The maximum absolute atomic E-state index is 12.4. The summed E-state index contributed by atoms with van der Waals surface area (Å²) in [5.74, 6) is 0. The maximum atomic E-state index is 12.4. The largest absolute Gasteiger partial charge is 0.398 e. The van der Waals surface area contributed by atoms with Crippen LogP contribution in [0.4, 0.5) is 11.4 Å². The van der Waals surface area contributed by atoms with E-state index in [1.807, 2.05) is 19.9 Å². The zero-order valence-electron chi connectivity index (χ0n) is 11.1. The Morgan fingerprint density at radius 3 is 2.40 bits per heavy atom. The number of nitrogens with one attached hydrogen (secondary N) is 1. The number of benzene rings is 2. The van der Waals surface area contributed by atoms with Crippen molar-refractivity contribution in [3.63, 3.8) is 0 Å². The van der Waals surface area contributed by atoms with Crippen LogP contribution in [0, 0.1) is 13.8 Å².